The molecule has 0 spiro atoms. The van der Waals surface area contributed by atoms with Crippen LogP contribution in [0.4, 0.5) is 0 Å². The third kappa shape index (κ3) is 2.65. The summed E-state index contributed by atoms with van der Waals surface area (Å²) in [6.07, 6.45) is 0. The molecule has 1 aromatic carbocycles. The quantitative estimate of drug-likeness (QED) is 0.787. The van der Waals surface area contributed by atoms with Crippen molar-refractivity contribution < 1.29 is 4.79 Å². The van der Waals surface area contributed by atoms with Crippen molar-refractivity contribution in [2.45, 2.75) is 6.04 Å². The molecule has 2 N–H and O–H groups in total. The second kappa shape index (κ2) is 5.29. The molecule has 17 heavy (non-hydrogen) atoms. The zero-order valence-electron chi connectivity index (χ0n) is 10.4. The standard InChI is InChI=1S/C13H19N3O/c1-16(2)13(17)11-6-4-3-5-10(11)12-9-14-7-8-15-12/h3-6,12,14-15H,7-9H2,1-2H3. The van der Waals surface area contributed by atoms with Gasteiger partial charge in [-0.15, -0.1) is 0 Å². The average Bonchev–Trinajstić information content (AvgIpc) is 2.39. The molecule has 4 nitrogen and oxygen atoms in total. The maximum absolute atomic E-state index is 12.1. The molecule has 1 fully saturated rings. The highest BCUT2D eigenvalue weighted by Gasteiger charge is 2.20. The number of piperazine rings is 1. The third-order valence-electron chi connectivity index (χ3n) is 3.01. The van der Waals surface area contributed by atoms with Crippen molar-refractivity contribution in [2.24, 2.45) is 0 Å². The number of carbonyl (C=O) groups is 1. The molecule has 4 heteroatoms. The molecule has 0 aliphatic carbocycles. The molecule has 1 aliphatic heterocycles. The molecule has 1 unspecified atom stereocenters. The molecule has 1 aromatic rings. The summed E-state index contributed by atoms with van der Waals surface area (Å²) >= 11 is 0. The number of nitrogens with zero attached hydrogens (tertiary/aromatic N) is 1. The minimum atomic E-state index is 0.0629. The Labute approximate surface area is 102 Å². The molecule has 1 amide bonds. The van der Waals surface area contributed by atoms with Crippen molar-refractivity contribution >= 4 is 5.91 Å². The fraction of sp³-hybridized carbons (Fsp3) is 0.462. The number of amides is 1. The van der Waals surface area contributed by atoms with E-state index >= 15 is 0 Å². The van der Waals surface area contributed by atoms with Crippen LogP contribution in [0.3, 0.4) is 0 Å². The third-order valence-corrected chi connectivity index (χ3v) is 3.01. The lowest BCUT2D eigenvalue weighted by Crippen LogP contribution is -2.43. The van der Waals surface area contributed by atoms with Gasteiger partial charge < -0.3 is 15.5 Å². The molecule has 1 heterocycles. The highest BCUT2D eigenvalue weighted by Crippen LogP contribution is 2.19. The first-order valence-electron chi connectivity index (χ1n) is 5.95. The molecular formula is C13H19N3O. The van der Waals surface area contributed by atoms with Gasteiger partial charge in [-0.1, -0.05) is 18.2 Å². The van der Waals surface area contributed by atoms with Crippen molar-refractivity contribution in [3.63, 3.8) is 0 Å². The molecule has 0 aromatic heterocycles. The van der Waals surface area contributed by atoms with Gasteiger partial charge >= 0.3 is 0 Å². The molecule has 92 valence electrons. The van der Waals surface area contributed by atoms with Crippen molar-refractivity contribution in [3.05, 3.63) is 35.4 Å². The van der Waals surface area contributed by atoms with E-state index in [9.17, 15) is 4.79 Å². The Hall–Kier alpha value is -1.39. The molecular weight excluding hydrogens is 214 g/mol. The second-order valence-corrected chi connectivity index (χ2v) is 4.50. The van der Waals surface area contributed by atoms with Crippen LogP contribution in [0, 0.1) is 0 Å². The Kier molecular flexibility index (Phi) is 3.76. The lowest BCUT2D eigenvalue weighted by Gasteiger charge is -2.27. The summed E-state index contributed by atoms with van der Waals surface area (Å²) in [7, 11) is 3.57. The summed E-state index contributed by atoms with van der Waals surface area (Å²) in [4.78, 5) is 13.7. The topological polar surface area (TPSA) is 44.4 Å². The summed E-state index contributed by atoms with van der Waals surface area (Å²) in [5, 5.41) is 6.78. The molecule has 2 rings (SSSR count). The predicted molar refractivity (Wildman–Crippen MR) is 68.1 cm³/mol. The van der Waals surface area contributed by atoms with Crippen LogP contribution in [0.1, 0.15) is 22.0 Å². The summed E-state index contributed by atoms with van der Waals surface area (Å²) in [5.74, 6) is 0.0629. The van der Waals surface area contributed by atoms with E-state index < -0.39 is 0 Å². The van der Waals surface area contributed by atoms with Gasteiger partial charge in [-0.05, 0) is 11.6 Å². The van der Waals surface area contributed by atoms with Gasteiger partial charge in [-0.3, -0.25) is 4.79 Å². The van der Waals surface area contributed by atoms with E-state index in [0.717, 1.165) is 30.8 Å². The number of hydrogen-bond donors (Lipinski definition) is 2. The minimum absolute atomic E-state index is 0.0629. The second-order valence-electron chi connectivity index (χ2n) is 4.50. The van der Waals surface area contributed by atoms with Crippen LogP contribution in [0.25, 0.3) is 0 Å². The molecule has 1 atom stereocenters. The Morgan fingerprint density at radius 3 is 2.71 bits per heavy atom. The van der Waals surface area contributed by atoms with Crippen LogP contribution < -0.4 is 10.6 Å². The smallest absolute Gasteiger partial charge is 0.253 e. The van der Waals surface area contributed by atoms with Crippen LogP contribution in [0.5, 0.6) is 0 Å². The Balaban J connectivity index is 2.29. The molecule has 0 saturated carbocycles. The van der Waals surface area contributed by atoms with Gasteiger partial charge in [-0.2, -0.15) is 0 Å². The molecule has 0 radical (unpaired) electrons. The Morgan fingerprint density at radius 1 is 1.29 bits per heavy atom. The van der Waals surface area contributed by atoms with Gasteiger partial charge in [0.15, 0.2) is 0 Å². The van der Waals surface area contributed by atoms with Gasteiger partial charge in [0.05, 0.1) is 0 Å². The highest BCUT2D eigenvalue weighted by atomic mass is 16.2. The average molecular weight is 233 g/mol. The van der Waals surface area contributed by atoms with E-state index in [-0.39, 0.29) is 11.9 Å². The molecule has 0 bridgehead atoms. The monoisotopic (exact) mass is 233 g/mol. The van der Waals surface area contributed by atoms with Crippen molar-refractivity contribution in [1.29, 1.82) is 0 Å². The number of benzene rings is 1. The summed E-state index contributed by atoms with van der Waals surface area (Å²) in [6, 6.07) is 8.05. The van der Waals surface area contributed by atoms with Gasteiger partial charge in [-0.25, -0.2) is 0 Å². The largest absolute Gasteiger partial charge is 0.345 e. The van der Waals surface area contributed by atoms with Gasteiger partial charge in [0.1, 0.15) is 0 Å². The summed E-state index contributed by atoms with van der Waals surface area (Å²) in [5.41, 5.74) is 1.87. The molecule has 1 saturated heterocycles. The minimum Gasteiger partial charge on any atom is -0.345 e. The fourth-order valence-electron chi connectivity index (χ4n) is 2.11. The number of nitrogens with one attached hydrogen (secondary N) is 2. The first kappa shape index (κ1) is 12.1. The van der Waals surface area contributed by atoms with E-state index in [2.05, 4.69) is 10.6 Å². The zero-order valence-corrected chi connectivity index (χ0v) is 10.4. The van der Waals surface area contributed by atoms with Crippen LogP contribution in [0.2, 0.25) is 0 Å². The van der Waals surface area contributed by atoms with E-state index in [0.29, 0.717) is 0 Å². The summed E-state index contributed by atoms with van der Waals surface area (Å²) in [6.45, 7) is 2.80. The Morgan fingerprint density at radius 2 is 2.06 bits per heavy atom. The number of hydrogen-bond acceptors (Lipinski definition) is 3. The van der Waals surface area contributed by atoms with Gasteiger partial charge in [0.25, 0.3) is 5.91 Å². The lowest BCUT2D eigenvalue weighted by atomic mass is 9.98. The van der Waals surface area contributed by atoms with Crippen LogP contribution >= 0.6 is 0 Å². The van der Waals surface area contributed by atoms with Crippen molar-refractivity contribution in [3.8, 4) is 0 Å². The fourth-order valence-corrected chi connectivity index (χ4v) is 2.11. The maximum atomic E-state index is 12.1. The maximum Gasteiger partial charge on any atom is 0.253 e. The lowest BCUT2D eigenvalue weighted by molar-refractivity contribution is 0.0825. The first-order valence-corrected chi connectivity index (χ1v) is 5.95. The van der Waals surface area contributed by atoms with Gasteiger partial charge in [0.2, 0.25) is 0 Å². The van der Waals surface area contributed by atoms with Crippen LogP contribution in [-0.4, -0.2) is 44.5 Å². The SMILES string of the molecule is CN(C)C(=O)c1ccccc1C1CNCCN1. The van der Waals surface area contributed by atoms with Crippen LogP contribution in [-0.2, 0) is 0 Å². The van der Waals surface area contributed by atoms with E-state index in [4.69, 9.17) is 0 Å². The van der Waals surface area contributed by atoms with Crippen molar-refractivity contribution in [1.82, 2.24) is 15.5 Å². The van der Waals surface area contributed by atoms with E-state index in [1.165, 1.54) is 0 Å². The summed E-state index contributed by atoms with van der Waals surface area (Å²) < 4.78 is 0. The van der Waals surface area contributed by atoms with E-state index in [1.807, 2.05) is 24.3 Å². The number of rotatable bonds is 2. The molecule has 1 aliphatic rings. The predicted octanol–water partition coefficient (Wildman–Crippen LogP) is 0.622. The Bertz CT molecular complexity index is 397. The normalized spacial score (nSPS) is 20.0. The first-order chi connectivity index (χ1) is 8.20. The zero-order chi connectivity index (χ0) is 12.3. The number of carbonyl (C=O) groups excluding carboxylic acids is 1. The van der Waals surface area contributed by atoms with Gasteiger partial charge in [0, 0.05) is 45.3 Å². The van der Waals surface area contributed by atoms with E-state index in [1.54, 1.807) is 19.0 Å². The van der Waals surface area contributed by atoms with Crippen LogP contribution in [0.15, 0.2) is 24.3 Å². The van der Waals surface area contributed by atoms with Crippen molar-refractivity contribution in [2.75, 3.05) is 33.7 Å². The highest BCUT2D eigenvalue weighted by molar-refractivity contribution is 5.95.